The third-order valence-electron chi connectivity index (χ3n) is 1.62. The first-order chi connectivity index (χ1) is 7.37. The summed E-state index contributed by atoms with van der Waals surface area (Å²) in [6, 6.07) is 0. The molecule has 0 bridgehead atoms. The Labute approximate surface area is 98.9 Å². The van der Waals surface area contributed by atoms with Crippen LogP contribution < -0.4 is 5.32 Å². The summed E-state index contributed by atoms with van der Waals surface area (Å²) in [6.45, 7) is 5.00. The zero-order chi connectivity index (χ0) is 13.0. The lowest BCUT2D eigenvalue weighted by molar-refractivity contribution is -0.870. The van der Waals surface area contributed by atoms with E-state index in [0.29, 0.717) is 0 Å². The van der Waals surface area contributed by atoms with Gasteiger partial charge in [0, 0.05) is 13.0 Å². The average Bonchev–Trinajstić information content (AvgIpc) is 2.13. The van der Waals surface area contributed by atoms with E-state index in [1.165, 1.54) is 13.2 Å². The van der Waals surface area contributed by atoms with E-state index in [-0.39, 0.29) is 5.91 Å². The van der Waals surface area contributed by atoms with Crippen LogP contribution in [0.4, 0.5) is 0 Å². The molecule has 16 heavy (non-hydrogen) atoms. The average molecular weight is 228 g/mol. The summed E-state index contributed by atoms with van der Waals surface area (Å²) < 4.78 is 0.944. The third-order valence-corrected chi connectivity index (χ3v) is 1.62. The maximum absolute atomic E-state index is 11.0. The van der Waals surface area contributed by atoms with Crippen molar-refractivity contribution < 1.29 is 14.1 Å². The molecular weight excluding hydrogens is 204 g/mol. The predicted molar refractivity (Wildman–Crippen MR) is 66.7 cm³/mol. The Balaban J connectivity index is 0. The van der Waals surface area contributed by atoms with E-state index in [0.717, 1.165) is 24.0 Å². The van der Waals surface area contributed by atoms with Crippen LogP contribution in [0.25, 0.3) is 0 Å². The molecule has 0 atom stereocenters. The smallest absolute Gasteiger partial charge is 0.243 e. The van der Waals surface area contributed by atoms with Crippen LogP contribution in [0.5, 0.6) is 0 Å². The van der Waals surface area contributed by atoms with Crippen LogP contribution in [0.15, 0.2) is 12.2 Å². The highest BCUT2D eigenvalue weighted by atomic mass is 16.1. The summed E-state index contributed by atoms with van der Waals surface area (Å²) in [5.41, 5.74) is 0. The van der Waals surface area contributed by atoms with Crippen molar-refractivity contribution >= 4 is 12.2 Å². The summed E-state index contributed by atoms with van der Waals surface area (Å²) in [5.74, 6) is 0.00362. The molecule has 0 radical (unpaired) electrons. The number of nitrogens with zero attached hydrogens (tertiary/aromatic N) is 1. The topological polar surface area (TPSA) is 46.2 Å². The van der Waals surface area contributed by atoms with Crippen molar-refractivity contribution in [1.82, 2.24) is 5.32 Å². The molecule has 4 nitrogen and oxygen atoms in total. The molecule has 94 valence electrons. The minimum atomic E-state index is 0.00362. The maximum atomic E-state index is 11.0. The van der Waals surface area contributed by atoms with Gasteiger partial charge in [0.2, 0.25) is 5.91 Å². The van der Waals surface area contributed by atoms with E-state index in [2.05, 4.69) is 26.5 Å². The zero-order valence-corrected chi connectivity index (χ0v) is 11.0. The number of carbonyl (C=O) groups is 1. The third kappa shape index (κ3) is 18.6. The van der Waals surface area contributed by atoms with Crippen LogP contribution >= 0.6 is 0 Å². The molecule has 0 saturated heterocycles. The van der Waals surface area contributed by atoms with Gasteiger partial charge in [-0.25, -0.2) is 0 Å². The first kappa shape index (κ1) is 17.2. The van der Waals surface area contributed by atoms with Crippen molar-refractivity contribution in [2.24, 2.45) is 0 Å². The van der Waals surface area contributed by atoms with Crippen molar-refractivity contribution in [3.8, 4) is 0 Å². The molecule has 1 N–H and O–H groups in total. The molecule has 0 rings (SSSR count). The molecule has 0 aliphatic rings. The Morgan fingerprint density at radius 3 is 2.25 bits per heavy atom. The molecule has 0 spiro atoms. The molecule has 0 heterocycles. The molecule has 0 aromatic heterocycles. The van der Waals surface area contributed by atoms with Crippen molar-refractivity contribution in [2.45, 2.75) is 20.3 Å². The fourth-order valence-electron chi connectivity index (χ4n) is 0.975. The number of carbonyl (C=O) groups excluding carboxylic acids is 2. The SMILES string of the molecule is CC=CC(=O)NCCC[N+](C)(C)C.C[C-]=O. The van der Waals surface area contributed by atoms with E-state index < -0.39 is 0 Å². The molecule has 0 aliphatic heterocycles. The molecule has 0 fully saturated rings. The van der Waals surface area contributed by atoms with Gasteiger partial charge in [0.15, 0.2) is 0 Å². The summed E-state index contributed by atoms with van der Waals surface area (Å²) in [7, 11) is 6.44. The van der Waals surface area contributed by atoms with Gasteiger partial charge < -0.3 is 14.6 Å². The predicted octanol–water partition coefficient (Wildman–Crippen LogP) is 0.891. The monoisotopic (exact) mass is 228 g/mol. The van der Waals surface area contributed by atoms with Gasteiger partial charge in [-0.3, -0.25) is 11.1 Å². The number of nitrogens with one attached hydrogen (secondary N) is 1. The van der Waals surface area contributed by atoms with Gasteiger partial charge in [-0.05, 0) is 13.0 Å². The lowest BCUT2D eigenvalue weighted by Crippen LogP contribution is -2.37. The first-order valence-corrected chi connectivity index (χ1v) is 5.37. The van der Waals surface area contributed by atoms with Crippen LogP contribution in [-0.4, -0.2) is 50.9 Å². The second kappa shape index (κ2) is 10.4. The van der Waals surface area contributed by atoms with E-state index in [4.69, 9.17) is 4.79 Å². The Kier molecular flexibility index (Phi) is 11.2. The number of hydrogen-bond donors (Lipinski definition) is 1. The van der Waals surface area contributed by atoms with Crippen LogP contribution in [-0.2, 0) is 9.59 Å². The standard InChI is InChI=1S/C10H20N2O.C2H3O/c1-5-7-10(13)11-8-6-9-12(2,3)4;1-2-3/h5,7H,6,8-9H2,1-4H3;1H3/q;-1/p+1. The van der Waals surface area contributed by atoms with Gasteiger partial charge in [-0.2, -0.15) is 6.92 Å². The quantitative estimate of drug-likeness (QED) is 0.329. The van der Waals surface area contributed by atoms with E-state index in [1.807, 2.05) is 6.92 Å². The van der Waals surface area contributed by atoms with E-state index in [9.17, 15) is 4.79 Å². The van der Waals surface area contributed by atoms with Crippen LogP contribution in [0.3, 0.4) is 0 Å². The van der Waals surface area contributed by atoms with Gasteiger partial charge in [0.25, 0.3) is 0 Å². The molecule has 0 unspecified atom stereocenters. The van der Waals surface area contributed by atoms with Crippen molar-refractivity contribution in [2.75, 3.05) is 34.2 Å². The number of allylic oxidation sites excluding steroid dienone is 1. The number of quaternary nitrogens is 1. The lowest BCUT2D eigenvalue weighted by Gasteiger charge is -2.23. The molecular formula is C12H24N2O2. The van der Waals surface area contributed by atoms with E-state index >= 15 is 0 Å². The molecule has 1 amide bonds. The second-order valence-corrected chi connectivity index (χ2v) is 4.36. The molecule has 0 saturated carbocycles. The normalized spacial score (nSPS) is 10.6. The fraction of sp³-hybridized carbons (Fsp3) is 0.667. The zero-order valence-electron chi connectivity index (χ0n) is 11.0. The van der Waals surface area contributed by atoms with Gasteiger partial charge in [0.05, 0.1) is 27.7 Å². The van der Waals surface area contributed by atoms with Crippen LogP contribution in [0.1, 0.15) is 20.3 Å². The van der Waals surface area contributed by atoms with E-state index in [1.54, 1.807) is 12.2 Å². The highest BCUT2D eigenvalue weighted by Gasteiger charge is 2.05. The highest BCUT2D eigenvalue weighted by Crippen LogP contribution is 1.91. The molecule has 0 aromatic carbocycles. The maximum Gasteiger partial charge on any atom is 0.243 e. The van der Waals surface area contributed by atoms with Crippen molar-refractivity contribution in [3.05, 3.63) is 12.2 Å². The minimum absolute atomic E-state index is 0.00362. The van der Waals surface area contributed by atoms with Crippen molar-refractivity contribution in [1.29, 1.82) is 0 Å². The largest absolute Gasteiger partial charge is 0.542 e. The minimum Gasteiger partial charge on any atom is -0.542 e. The lowest BCUT2D eigenvalue weighted by atomic mass is 10.3. The van der Waals surface area contributed by atoms with Crippen molar-refractivity contribution in [3.63, 3.8) is 0 Å². The van der Waals surface area contributed by atoms with Gasteiger partial charge >= 0.3 is 0 Å². The Hall–Kier alpha value is -1.16. The fourth-order valence-corrected chi connectivity index (χ4v) is 0.975. The number of hydrogen-bond acceptors (Lipinski definition) is 2. The van der Waals surface area contributed by atoms with Crippen LogP contribution in [0.2, 0.25) is 0 Å². The summed E-state index contributed by atoms with van der Waals surface area (Å²) in [4.78, 5) is 19.6. The van der Waals surface area contributed by atoms with Gasteiger partial charge in [0.1, 0.15) is 0 Å². The second-order valence-electron chi connectivity index (χ2n) is 4.36. The summed E-state index contributed by atoms with van der Waals surface area (Å²) in [5, 5.41) is 2.82. The number of rotatable bonds is 5. The van der Waals surface area contributed by atoms with Gasteiger partial charge in [-0.15, -0.1) is 0 Å². The molecule has 4 heteroatoms. The summed E-state index contributed by atoms with van der Waals surface area (Å²) >= 11 is 0. The van der Waals surface area contributed by atoms with Crippen LogP contribution in [0, 0.1) is 0 Å². The molecule has 0 aromatic rings. The Morgan fingerprint density at radius 2 is 1.88 bits per heavy atom. The Morgan fingerprint density at radius 1 is 1.38 bits per heavy atom. The Bertz CT molecular complexity index is 218. The summed E-state index contributed by atoms with van der Waals surface area (Å²) in [6.07, 6.45) is 5.81. The molecule has 0 aliphatic carbocycles. The first-order valence-electron chi connectivity index (χ1n) is 5.37. The van der Waals surface area contributed by atoms with Gasteiger partial charge in [-0.1, -0.05) is 6.08 Å². The highest BCUT2D eigenvalue weighted by molar-refractivity contribution is 5.87. The number of amides is 1.